The number of aliphatic hydroxyl groups excluding tert-OH is 1. The van der Waals surface area contributed by atoms with Crippen molar-refractivity contribution in [2.45, 2.75) is 39.7 Å². The summed E-state index contributed by atoms with van der Waals surface area (Å²) in [6.07, 6.45) is -0.0492. The molecule has 0 heterocycles. The van der Waals surface area contributed by atoms with Crippen LogP contribution in [0.5, 0.6) is 0 Å². The van der Waals surface area contributed by atoms with Crippen molar-refractivity contribution < 1.29 is 24.6 Å². The van der Waals surface area contributed by atoms with Gasteiger partial charge < -0.3 is 20.8 Å². The van der Waals surface area contributed by atoms with Gasteiger partial charge in [-0.3, -0.25) is 9.59 Å². The summed E-state index contributed by atoms with van der Waals surface area (Å²) >= 11 is 0. The highest BCUT2D eigenvalue weighted by atomic mass is 16.4. The van der Waals surface area contributed by atoms with Crippen molar-refractivity contribution >= 4 is 17.8 Å². The molecule has 0 spiro atoms. The average Bonchev–Trinajstić information content (AvgIpc) is 2.26. The highest BCUT2D eigenvalue weighted by Crippen LogP contribution is 2.12. The minimum atomic E-state index is -1.19. The minimum absolute atomic E-state index is 0.00295. The van der Waals surface area contributed by atoms with Crippen LogP contribution in [0.15, 0.2) is 0 Å². The van der Waals surface area contributed by atoms with Gasteiger partial charge in [0.25, 0.3) is 0 Å². The number of rotatable bonds is 7. The first-order chi connectivity index (χ1) is 8.68. The molecule has 110 valence electrons. The molecule has 0 aromatic carbocycles. The zero-order valence-corrected chi connectivity index (χ0v) is 11.5. The standard InChI is InChI=1S/C12H22N2O5/c1-12(2,3)11(19)13-6-4-9(16)14-8(5-7-15)10(17)18/h8,15H,4-7H2,1-3H3,(H,13,19)(H,14,16)(H,17,18). The summed E-state index contributed by atoms with van der Waals surface area (Å²) in [6.45, 7) is 5.09. The number of amides is 2. The molecule has 0 fully saturated rings. The smallest absolute Gasteiger partial charge is 0.326 e. The summed E-state index contributed by atoms with van der Waals surface area (Å²) in [7, 11) is 0. The largest absolute Gasteiger partial charge is 0.480 e. The van der Waals surface area contributed by atoms with E-state index in [4.69, 9.17) is 10.2 Å². The van der Waals surface area contributed by atoms with Crippen LogP contribution in [-0.2, 0) is 14.4 Å². The number of carbonyl (C=O) groups excluding carboxylic acids is 2. The first-order valence-corrected chi connectivity index (χ1v) is 6.09. The first-order valence-electron chi connectivity index (χ1n) is 6.09. The zero-order chi connectivity index (χ0) is 15.1. The fraction of sp³-hybridized carbons (Fsp3) is 0.750. The molecule has 0 saturated heterocycles. The number of aliphatic hydroxyl groups is 1. The third-order valence-corrected chi connectivity index (χ3v) is 2.37. The van der Waals surface area contributed by atoms with Gasteiger partial charge in [-0.05, 0) is 0 Å². The van der Waals surface area contributed by atoms with Crippen LogP contribution in [-0.4, -0.2) is 47.2 Å². The van der Waals surface area contributed by atoms with Gasteiger partial charge in [-0.2, -0.15) is 0 Å². The Balaban J connectivity index is 4.05. The number of nitrogens with one attached hydrogen (secondary N) is 2. The predicted molar refractivity (Wildman–Crippen MR) is 68.4 cm³/mol. The minimum Gasteiger partial charge on any atom is -0.480 e. The number of carbonyl (C=O) groups is 3. The second-order valence-electron chi connectivity index (χ2n) is 5.23. The lowest BCUT2D eigenvalue weighted by Gasteiger charge is -2.18. The SMILES string of the molecule is CC(C)(C)C(=O)NCCC(=O)NC(CCO)C(=O)O. The van der Waals surface area contributed by atoms with Gasteiger partial charge in [0.05, 0.1) is 0 Å². The Hall–Kier alpha value is -1.63. The molecule has 0 rings (SSSR count). The lowest BCUT2D eigenvalue weighted by molar-refractivity contribution is -0.142. The highest BCUT2D eigenvalue weighted by Gasteiger charge is 2.22. The van der Waals surface area contributed by atoms with Crippen LogP contribution >= 0.6 is 0 Å². The molecule has 0 aliphatic heterocycles. The van der Waals surface area contributed by atoms with E-state index in [1.165, 1.54) is 0 Å². The molecule has 0 saturated carbocycles. The Morgan fingerprint density at radius 3 is 2.21 bits per heavy atom. The highest BCUT2D eigenvalue weighted by molar-refractivity contribution is 5.84. The maximum atomic E-state index is 11.5. The van der Waals surface area contributed by atoms with Crippen molar-refractivity contribution in [1.29, 1.82) is 0 Å². The van der Waals surface area contributed by atoms with Gasteiger partial charge in [0.2, 0.25) is 11.8 Å². The number of hydrogen-bond acceptors (Lipinski definition) is 4. The van der Waals surface area contributed by atoms with Crippen molar-refractivity contribution in [1.82, 2.24) is 10.6 Å². The summed E-state index contributed by atoms with van der Waals surface area (Å²) < 4.78 is 0. The van der Waals surface area contributed by atoms with E-state index in [9.17, 15) is 14.4 Å². The van der Waals surface area contributed by atoms with Crippen LogP contribution in [0.3, 0.4) is 0 Å². The molecule has 2 amide bonds. The molecule has 7 heteroatoms. The number of carboxylic acid groups (broad SMARTS) is 1. The van der Waals surface area contributed by atoms with E-state index in [0.717, 1.165) is 0 Å². The number of aliphatic carboxylic acids is 1. The van der Waals surface area contributed by atoms with Crippen LogP contribution in [0.4, 0.5) is 0 Å². The summed E-state index contributed by atoms with van der Waals surface area (Å²) in [4.78, 5) is 33.7. The van der Waals surface area contributed by atoms with Crippen molar-refractivity contribution in [3.63, 3.8) is 0 Å². The number of hydrogen-bond donors (Lipinski definition) is 4. The van der Waals surface area contributed by atoms with E-state index in [2.05, 4.69) is 10.6 Å². The number of carboxylic acids is 1. The van der Waals surface area contributed by atoms with E-state index in [0.29, 0.717) is 0 Å². The molecule has 19 heavy (non-hydrogen) atoms. The van der Waals surface area contributed by atoms with Crippen molar-refractivity contribution in [3.8, 4) is 0 Å². The third-order valence-electron chi connectivity index (χ3n) is 2.37. The average molecular weight is 274 g/mol. The van der Waals surface area contributed by atoms with Gasteiger partial charge in [-0.15, -0.1) is 0 Å². The maximum absolute atomic E-state index is 11.5. The van der Waals surface area contributed by atoms with Crippen LogP contribution in [0.1, 0.15) is 33.6 Å². The van der Waals surface area contributed by atoms with Crippen molar-refractivity contribution in [2.75, 3.05) is 13.2 Å². The van der Waals surface area contributed by atoms with Gasteiger partial charge >= 0.3 is 5.97 Å². The van der Waals surface area contributed by atoms with Crippen LogP contribution in [0, 0.1) is 5.41 Å². The fourth-order valence-corrected chi connectivity index (χ4v) is 1.21. The Morgan fingerprint density at radius 2 is 1.79 bits per heavy atom. The predicted octanol–water partition coefficient (Wildman–Crippen LogP) is -0.509. The molecule has 0 radical (unpaired) electrons. The molecule has 0 aromatic heterocycles. The van der Waals surface area contributed by atoms with E-state index in [-0.39, 0.29) is 31.9 Å². The van der Waals surface area contributed by atoms with E-state index in [1.54, 1.807) is 20.8 Å². The van der Waals surface area contributed by atoms with E-state index < -0.39 is 23.3 Å². The summed E-state index contributed by atoms with van der Waals surface area (Å²) in [5.41, 5.74) is -0.531. The molecule has 0 aromatic rings. The van der Waals surface area contributed by atoms with Crippen LogP contribution < -0.4 is 10.6 Å². The molecule has 0 aliphatic rings. The lowest BCUT2D eigenvalue weighted by Crippen LogP contribution is -2.43. The zero-order valence-electron chi connectivity index (χ0n) is 11.5. The van der Waals surface area contributed by atoms with Gasteiger partial charge in [0.15, 0.2) is 0 Å². The topological polar surface area (TPSA) is 116 Å². The van der Waals surface area contributed by atoms with Gasteiger partial charge in [-0.1, -0.05) is 20.8 Å². The molecule has 1 atom stereocenters. The normalized spacial score (nSPS) is 12.6. The lowest BCUT2D eigenvalue weighted by atomic mass is 9.96. The molecular weight excluding hydrogens is 252 g/mol. The summed E-state index contributed by atoms with van der Waals surface area (Å²) in [5.74, 6) is -1.85. The fourth-order valence-electron chi connectivity index (χ4n) is 1.21. The van der Waals surface area contributed by atoms with Crippen molar-refractivity contribution in [2.24, 2.45) is 5.41 Å². The summed E-state index contributed by atoms with van der Waals surface area (Å²) in [6, 6.07) is -1.10. The maximum Gasteiger partial charge on any atom is 0.326 e. The third kappa shape index (κ3) is 7.40. The van der Waals surface area contributed by atoms with Gasteiger partial charge in [0, 0.05) is 31.4 Å². The van der Waals surface area contributed by atoms with Gasteiger partial charge in [0.1, 0.15) is 6.04 Å². The Morgan fingerprint density at radius 1 is 1.21 bits per heavy atom. The monoisotopic (exact) mass is 274 g/mol. The molecule has 0 bridgehead atoms. The quantitative estimate of drug-likeness (QED) is 0.499. The Bertz CT molecular complexity index is 336. The molecule has 4 N–H and O–H groups in total. The molecule has 7 nitrogen and oxygen atoms in total. The van der Waals surface area contributed by atoms with Gasteiger partial charge in [-0.25, -0.2) is 4.79 Å². The molecule has 0 aliphatic carbocycles. The van der Waals surface area contributed by atoms with Crippen LogP contribution in [0.25, 0.3) is 0 Å². The summed E-state index contributed by atoms with van der Waals surface area (Å²) in [5, 5.41) is 22.3. The Kier molecular flexibility index (Phi) is 7.06. The van der Waals surface area contributed by atoms with E-state index in [1.807, 2.05) is 0 Å². The second-order valence-corrected chi connectivity index (χ2v) is 5.23. The second kappa shape index (κ2) is 7.73. The van der Waals surface area contributed by atoms with Crippen LogP contribution in [0.2, 0.25) is 0 Å². The molecular formula is C12H22N2O5. The Labute approximate surface area is 112 Å². The molecule has 1 unspecified atom stereocenters. The van der Waals surface area contributed by atoms with E-state index >= 15 is 0 Å². The van der Waals surface area contributed by atoms with Crippen molar-refractivity contribution in [3.05, 3.63) is 0 Å². The first kappa shape index (κ1) is 17.4.